The molecule has 0 radical (unpaired) electrons. The normalized spacial score (nSPS) is 10.1. The Balaban J connectivity index is 2.07. The fraction of sp³-hybridized carbons (Fsp3) is 0.0769. The van der Waals surface area contributed by atoms with Gasteiger partial charge in [0.25, 0.3) is 0 Å². The van der Waals surface area contributed by atoms with Crippen molar-refractivity contribution in [2.75, 3.05) is 0 Å². The highest BCUT2D eigenvalue weighted by Gasteiger charge is 2.14. The largest absolute Gasteiger partial charge is 0.457 e. The number of carbonyl (C=O) groups excluding carboxylic acids is 1. The molecule has 2 rings (SSSR count). The highest BCUT2D eigenvalue weighted by Crippen LogP contribution is 2.23. The first-order valence-electron chi connectivity index (χ1n) is 5.19. The van der Waals surface area contributed by atoms with Crippen molar-refractivity contribution in [2.45, 2.75) is 6.61 Å². The number of carbonyl (C=O) groups is 1. The van der Waals surface area contributed by atoms with Gasteiger partial charge in [-0.25, -0.2) is 9.78 Å². The summed E-state index contributed by atoms with van der Waals surface area (Å²) in [7, 11) is 0. The van der Waals surface area contributed by atoms with Crippen LogP contribution >= 0.6 is 23.2 Å². The Morgan fingerprint density at radius 3 is 2.61 bits per heavy atom. The summed E-state index contributed by atoms with van der Waals surface area (Å²) in [4.78, 5) is 15.6. The quantitative estimate of drug-likeness (QED) is 0.635. The minimum Gasteiger partial charge on any atom is -0.457 e. The Hall–Kier alpha value is -1.58. The van der Waals surface area contributed by atoms with Gasteiger partial charge in [-0.05, 0) is 11.6 Å². The van der Waals surface area contributed by atoms with Gasteiger partial charge in [0.2, 0.25) is 0 Å². The number of aromatic nitrogens is 1. The second kappa shape index (κ2) is 5.85. The maximum atomic E-state index is 11.8. The highest BCUT2D eigenvalue weighted by molar-refractivity contribution is 6.42. The van der Waals surface area contributed by atoms with Crippen LogP contribution in [0.3, 0.4) is 0 Å². The van der Waals surface area contributed by atoms with Crippen LogP contribution in [0.2, 0.25) is 10.2 Å². The molecule has 0 bridgehead atoms. The predicted octanol–water partition coefficient (Wildman–Crippen LogP) is 3.75. The zero-order valence-corrected chi connectivity index (χ0v) is 10.8. The van der Waals surface area contributed by atoms with Gasteiger partial charge >= 0.3 is 5.97 Å². The van der Waals surface area contributed by atoms with Gasteiger partial charge in [0.05, 0.1) is 10.6 Å². The molecule has 0 aliphatic heterocycles. The molecule has 92 valence electrons. The predicted molar refractivity (Wildman–Crippen MR) is 69.8 cm³/mol. The van der Waals surface area contributed by atoms with Crippen molar-refractivity contribution in [3.05, 3.63) is 63.9 Å². The molecular formula is C13H9Cl2NO2. The van der Waals surface area contributed by atoms with E-state index in [9.17, 15) is 4.79 Å². The molecule has 2 aromatic rings. The Kier molecular flexibility index (Phi) is 4.18. The number of benzene rings is 1. The molecule has 0 saturated carbocycles. The molecule has 1 heterocycles. The summed E-state index contributed by atoms with van der Waals surface area (Å²) in [5.41, 5.74) is 1.12. The average molecular weight is 282 g/mol. The van der Waals surface area contributed by atoms with Gasteiger partial charge in [-0.2, -0.15) is 0 Å². The van der Waals surface area contributed by atoms with Crippen molar-refractivity contribution in [3.63, 3.8) is 0 Å². The summed E-state index contributed by atoms with van der Waals surface area (Å²) in [5.74, 6) is -0.520. The number of pyridine rings is 1. The number of rotatable bonds is 3. The SMILES string of the molecule is O=C(OCc1ccccc1)c1ccnc(Cl)c1Cl. The van der Waals surface area contributed by atoms with Crippen LogP contribution in [-0.2, 0) is 11.3 Å². The first-order chi connectivity index (χ1) is 8.68. The smallest absolute Gasteiger partial charge is 0.340 e. The molecule has 0 atom stereocenters. The van der Waals surface area contributed by atoms with Crippen LogP contribution in [0.5, 0.6) is 0 Å². The van der Waals surface area contributed by atoms with Crippen LogP contribution in [0, 0.1) is 0 Å². The number of hydrogen-bond acceptors (Lipinski definition) is 3. The molecule has 3 nitrogen and oxygen atoms in total. The minimum atomic E-state index is -0.520. The third-order valence-corrected chi connectivity index (χ3v) is 3.05. The van der Waals surface area contributed by atoms with Crippen LogP contribution in [-0.4, -0.2) is 11.0 Å². The summed E-state index contributed by atoms with van der Waals surface area (Å²) in [6.45, 7) is 0.190. The first-order valence-corrected chi connectivity index (χ1v) is 5.95. The molecule has 5 heteroatoms. The summed E-state index contributed by atoms with van der Waals surface area (Å²) < 4.78 is 5.14. The lowest BCUT2D eigenvalue weighted by Crippen LogP contribution is -2.06. The lowest BCUT2D eigenvalue weighted by atomic mass is 10.2. The van der Waals surface area contributed by atoms with Crippen LogP contribution in [0.15, 0.2) is 42.6 Å². The van der Waals surface area contributed by atoms with E-state index < -0.39 is 5.97 Å². The van der Waals surface area contributed by atoms with Crippen LogP contribution < -0.4 is 0 Å². The minimum absolute atomic E-state index is 0.0887. The number of ether oxygens (including phenoxy) is 1. The second-order valence-electron chi connectivity index (χ2n) is 3.53. The van der Waals surface area contributed by atoms with Gasteiger partial charge in [0.15, 0.2) is 0 Å². The zero-order chi connectivity index (χ0) is 13.0. The molecule has 0 amide bonds. The lowest BCUT2D eigenvalue weighted by Gasteiger charge is -2.06. The summed E-state index contributed by atoms with van der Waals surface area (Å²) in [6.07, 6.45) is 1.41. The van der Waals surface area contributed by atoms with Crippen molar-refractivity contribution >= 4 is 29.2 Å². The van der Waals surface area contributed by atoms with Crippen molar-refractivity contribution in [1.29, 1.82) is 0 Å². The summed E-state index contributed by atoms with van der Waals surface area (Å²) >= 11 is 11.6. The Morgan fingerprint density at radius 2 is 1.89 bits per heavy atom. The summed E-state index contributed by atoms with van der Waals surface area (Å²) in [6, 6.07) is 10.9. The van der Waals surface area contributed by atoms with Gasteiger partial charge < -0.3 is 4.74 Å². The van der Waals surface area contributed by atoms with E-state index in [2.05, 4.69) is 4.98 Å². The number of esters is 1. The molecule has 18 heavy (non-hydrogen) atoms. The average Bonchev–Trinajstić information content (AvgIpc) is 2.40. The molecule has 0 saturated heterocycles. The van der Waals surface area contributed by atoms with Crippen molar-refractivity contribution in [1.82, 2.24) is 4.98 Å². The monoisotopic (exact) mass is 281 g/mol. The van der Waals surface area contributed by atoms with Gasteiger partial charge in [-0.15, -0.1) is 0 Å². The molecule has 0 fully saturated rings. The van der Waals surface area contributed by atoms with Crippen LogP contribution in [0.25, 0.3) is 0 Å². The maximum Gasteiger partial charge on any atom is 0.340 e. The van der Waals surface area contributed by atoms with E-state index in [-0.39, 0.29) is 22.3 Å². The van der Waals surface area contributed by atoms with Gasteiger partial charge in [0, 0.05) is 6.20 Å². The van der Waals surface area contributed by atoms with E-state index in [1.54, 1.807) is 0 Å². The molecule has 1 aromatic heterocycles. The molecule has 0 aliphatic rings. The lowest BCUT2D eigenvalue weighted by molar-refractivity contribution is 0.0473. The first kappa shape index (κ1) is 12.9. The third-order valence-electron chi connectivity index (χ3n) is 2.28. The van der Waals surface area contributed by atoms with E-state index in [0.29, 0.717) is 0 Å². The van der Waals surface area contributed by atoms with E-state index in [1.807, 2.05) is 30.3 Å². The van der Waals surface area contributed by atoms with Crippen molar-refractivity contribution in [3.8, 4) is 0 Å². The van der Waals surface area contributed by atoms with Crippen molar-refractivity contribution in [2.24, 2.45) is 0 Å². The van der Waals surface area contributed by atoms with Crippen LogP contribution in [0.1, 0.15) is 15.9 Å². The standard InChI is InChI=1S/C13H9Cl2NO2/c14-11-10(6-7-16-12(11)15)13(17)18-8-9-4-2-1-3-5-9/h1-7H,8H2. The Morgan fingerprint density at radius 1 is 1.17 bits per heavy atom. The number of hydrogen-bond donors (Lipinski definition) is 0. The van der Waals surface area contributed by atoms with E-state index in [0.717, 1.165) is 5.56 Å². The highest BCUT2D eigenvalue weighted by atomic mass is 35.5. The van der Waals surface area contributed by atoms with Gasteiger partial charge in [0.1, 0.15) is 11.8 Å². The maximum absolute atomic E-state index is 11.8. The zero-order valence-electron chi connectivity index (χ0n) is 9.27. The van der Waals surface area contributed by atoms with E-state index >= 15 is 0 Å². The third kappa shape index (κ3) is 3.00. The molecule has 0 spiro atoms. The van der Waals surface area contributed by atoms with Gasteiger partial charge in [-0.1, -0.05) is 53.5 Å². The van der Waals surface area contributed by atoms with E-state index in [4.69, 9.17) is 27.9 Å². The number of halogens is 2. The van der Waals surface area contributed by atoms with Crippen LogP contribution in [0.4, 0.5) is 0 Å². The molecule has 0 unspecified atom stereocenters. The van der Waals surface area contributed by atoms with Crippen molar-refractivity contribution < 1.29 is 9.53 Å². The molecular weight excluding hydrogens is 273 g/mol. The van der Waals surface area contributed by atoms with Gasteiger partial charge in [-0.3, -0.25) is 0 Å². The second-order valence-corrected chi connectivity index (χ2v) is 4.26. The van der Waals surface area contributed by atoms with E-state index in [1.165, 1.54) is 12.3 Å². The fourth-order valence-corrected chi connectivity index (χ4v) is 1.72. The summed E-state index contributed by atoms with van der Waals surface area (Å²) in [5, 5.41) is 0.197. The number of nitrogens with zero attached hydrogens (tertiary/aromatic N) is 1. The molecule has 0 N–H and O–H groups in total. The Bertz CT molecular complexity index is 558. The molecule has 0 aliphatic carbocycles. The fourth-order valence-electron chi connectivity index (χ4n) is 1.38. The Labute approximate surface area is 114 Å². The topological polar surface area (TPSA) is 39.2 Å². The molecule has 1 aromatic carbocycles.